The fourth-order valence-corrected chi connectivity index (χ4v) is 5.28. The van der Waals surface area contributed by atoms with E-state index in [9.17, 15) is 0 Å². The van der Waals surface area contributed by atoms with Crippen LogP contribution in [0, 0.1) is 0 Å². The maximum absolute atomic E-state index is 6.37. The van der Waals surface area contributed by atoms with Crippen LogP contribution >= 0.6 is 0 Å². The van der Waals surface area contributed by atoms with E-state index in [0.29, 0.717) is 11.8 Å². The Morgan fingerprint density at radius 3 is 1.05 bits per heavy atom. The van der Waals surface area contributed by atoms with Gasteiger partial charge in [0.2, 0.25) is 0 Å². The van der Waals surface area contributed by atoms with Gasteiger partial charge in [0.05, 0.1) is 0 Å². The average molecular weight is 507 g/mol. The van der Waals surface area contributed by atoms with Crippen molar-refractivity contribution in [1.82, 2.24) is 0 Å². The molecule has 0 bridgehead atoms. The monoisotopic (exact) mass is 506 g/mol. The lowest BCUT2D eigenvalue weighted by atomic mass is 9.85. The maximum Gasteiger partial charge on any atom is 0.123 e. The van der Waals surface area contributed by atoms with Gasteiger partial charge in [-0.3, -0.25) is 0 Å². The molecule has 0 saturated heterocycles. The molecule has 0 aliphatic heterocycles. The van der Waals surface area contributed by atoms with Gasteiger partial charge in [0.15, 0.2) is 0 Å². The number of hydrogen-bond acceptors (Lipinski definition) is 2. The van der Waals surface area contributed by atoms with E-state index in [1.54, 1.807) is 0 Å². The second-order valence-corrected chi connectivity index (χ2v) is 11.8. The predicted octanol–water partition coefficient (Wildman–Crippen LogP) is 10.4. The molecular formula is C36H42O2. The fourth-order valence-electron chi connectivity index (χ4n) is 5.28. The van der Waals surface area contributed by atoms with Crippen LogP contribution in [0.15, 0.2) is 97.1 Å². The van der Waals surface area contributed by atoms with Gasteiger partial charge in [0, 0.05) is 0 Å². The molecule has 0 N–H and O–H groups in total. The summed E-state index contributed by atoms with van der Waals surface area (Å²) in [6.45, 7) is 17.3. The molecule has 2 heteroatoms. The Balaban J connectivity index is 1.68. The third-order valence-electron chi connectivity index (χ3n) is 7.36. The molecular weight excluding hydrogens is 464 g/mol. The molecule has 198 valence electrons. The lowest BCUT2D eigenvalue weighted by Gasteiger charge is -2.34. The Bertz CT molecular complexity index is 1270. The molecule has 2 nitrogen and oxygen atoms in total. The molecule has 0 unspecified atom stereocenters. The second kappa shape index (κ2) is 11.3. The quantitative estimate of drug-likeness (QED) is 0.166. The SMILES string of the molecule is CC(C)c1ccccc1-c1ccccc1C(C)(C)OOC(C)(C)c1ccccc1-c1ccccc1C(C)C. The van der Waals surface area contributed by atoms with Crippen molar-refractivity contribution in [2.75, 3.05) is 0 Å². The predicted molar refractivity (Wildman–Crippen MR) is 160 cm³/mol. The molecule has 0 spiro atoms. The minimum Gasteiger partial charge on any atom is -0.225 e. The highest BCUT2D eigenvalue weighted by molar-refractivity contribution is 5.73. The first-order chi connectivity index (χ1) is 18.0. The Morgan fingerprint density at radius 1 is 0.421 bits per heavy atom. The highest BCUT2D eigenvalue weighted by atomic mass is 17.2. The number of rotatable bonds is 9. The van der Waals surface area contributed by atoms with Crippen LogP contribution in [0.3, 0.4) is 0 Å². The van der Waals surface area contributed by atoms with E-state index in [0.717, 1.165) is 11.1 Å². The number of benzene rings is 4. The van der Waals surface area contributed by atoms with E-state index < -0.39 is 11.2 Å². The molecule has 0 radical (unpaired) electrons. The summed E-state index contributed by atoms with van der Waals surface area (Å²) in [6, 6.07) is 34.3. The van der Waals surface area contributed by atoms with Crippen LogP contribution in [0.1, 0.15) is 89.5 Å². The zero-order valence-corrected chi connectivity index (χ0v) is 24.2. The van der Waals surface area contributed by atoms with Crippen molar-refractivity contribution >= 4 is 0 Å². The molecule has 0 aliphatic carbocycles. The van der Waals surface area contributed by atoms with Crippen molar-refractivity contribution in [2.24, 2.45) is 0 Å². The van der Waals surface area contributed by atoms with Crippen LogP contribution in [0.2, 0.25) is 0 Å². The normalized spacial score (nSPS) is 12.4. The van der Waals surface area contributed by atoms with Gasteiger partial charge in [-0.15, -0.1) is 0 Å². The van der Waals surface area contributed by atoms with E-state index in [1.807, 2.05) is 0 Å². The summed E-state index contributed by atoms with van der Waals surface area (Å²) in [6.07, 6.45) is 0. The van der Waals surface area contributed by atoms with Crippen molar-refractivity contribution in [1.29, 1.82) is 0 Å². The molecule has 0 heterocycles. The Labute approximate surface area is 229 Å². The van der Waals surface area contributed by atoms with E-state index in [4.69, 9.17) is 9.78 Å². The fraction of sp³-hybridized carbons (Fsp3) is 0.333. The van der Waals surface area contributed by atoms with Crippen LogP contribution in [0.4, 0.5) is 0 Å². The van der Waals surface area contributed by atoms with Crippen molar-refractivity contribution < 1.29 is 9.78 Å². The summed E-state index contributed by atoms with van der Waals surface area (Å²) in [4.78, 5) is 12.7. The van der Waals surface area contributed by atoms with E-state index in [-0.39, 0.29) is 0 Å². The van der Waals surface area contributed by atoms with Gasteiger partial charge in [-0.05, 0) is 84.0 Å². The summed E-state index contributed by atoms with van der Waals surface area (Å²) in [7, 11) is 0. The van der Waals surface area contributed by atoms with Gasteiger partial charge >= 0.3 is 0 Å². The molecule has 0 fully saturated rings. The first kappa shape index (κ1) is 27.8. The summed E-state index contributed by atoms with van der Waals surface area (Å²) < 4.78 is 0. The van der Waals surface area contributed by atoms with Crippen LogP contribution < -0.4 is 0 Å². The van der Waals surface area contributed by atoms with Crippen molar-refractivity contribution in [3.05, 3.63) is 119 Å². The number of hydrogen-bond donors (Lipinski definition) is 0. The summed E-state index contributed by atoms with van der Waals surface area (Å²) in [5.74, 6) is 0.840. The Hall–Kier alpha value is -3.20. The van der Waals surface area contributed by atoms with Crippen LogP contribution in [0.25, 0.3) is 22.3 Å². The third-order valence-corrected chi connectivity index (χ3v) is 7.36. The van der Waals surface area contributed by atoms with Gasteiger partial charge in [0.25, 0.3) is 0 Å². The van der Waals surface area contributed by atoms with Crippen molar-refractivity contribution in [3.8, 4) is 22.3 Å². The molecule has 38 heavy (non-hydrogen) atoms. The van der Waals surface area contributed by atoms with E-state index in [1.165, 1.54) is 33.4 Å². The highest BCUT2D eigenvalue weighted by Gasteiger charge is 2.33. The van der Waals surface area contributed by atoms with Gasteiger partial charge in [-0.2, -0.15) is 0 Å². The highest BCUT2D eigenvalue weighted by Crippen LogP contribution is 2.41. The minimum atomic E-state index is -0.678. The van der Waals surface area contributed by atoms with E-state index >= 15 is 0 Å². The van der Waals surface area contributed by atoms with E-state index in [2.05, 4.69) is 152 Å². The van der Waals surface area contributed by atoms with Gasteiger partial charge in [-0.25, -0.2) is 9.78 Å². The summed E-state index contributed by atoms with van der Waals surface area (Å²) >= 11 is 0. The van der Waals surface area contributed by atoms with Gasteiger partial charge in [0.1, 0.15) is 11.2 Å². The molecule has 0 atom stereocenters. The smallest absolute Gasteiger partial charge is 0.123 e. The van der Waals surface area contributed by atoms with Crippen LogP contribution in [0.5, 0.6) is 0 Å². The molecule has 0 aromatic heterocycles. The van der Waals surface area contributed by atoms with Crippen molar-refractivity contribution in [3.63, 3.8) is 0 Å². The zero-order chi connectivity index (χ0) is 27.5. The molecule has 0 amide bonds. The largest absolute Gasteiger partial charge is 0.225 e. The minimum absolute atomic E-state index is 0.420. The topological polar surface area (TPSA) is 18.5 Å². The summed E-state index contributed by atoms with van der Waals surface area (Å²) in [5.41, 5.74) is 8.33. The molecule has 0 aliphatic rings. The van der Waals surface area contributed by atoms with Crippen LogP contribution in [-0.2, 0) is 21.0 Å². The average Bonchev–Trinajstić information content (AvgIpc) is 2.92. The molecule has 4 rings (SSSR count). The maximum atomic E-state index is 6.37. The second-order valence-electron chi connectivity index (χ2n) is 11.8. The Kier molecular flexibility index (Phi) is 8.25. The first-order valence-corrected chi connectivity index (χ1v) is 13.8. The molecule has 4 aromatic carbocycles. The standard InChI is InChI=1S/C36H42O2/c1-25(2)27-17-9-11-19-29(27)31-21-13-15-23-33(31)35(5,6)37-38-36(7,8)34-24-16-14-22-32(34)30-20-12-10-18-28(30)26(3)4/h9-26H,1-8H3. The summed E-state index contributed by atoms with van der Waals surface area (Å²) in [5, 5.41) is 0. The molecule has 4 aromatic rings. The third kappa shape index (κ3) is 5.77. The van der Waals surface area contributed by atoms with Gasteiger partial charge in [-0.1, -0.05) is 125 Å². The first-order valence-electron chi connectivity index (χ1n) is 13.8. The zero-order valence-electron chi connectivity index (χ0n) is 24.2. The Morgan fingerprint density at radius 2 is 0.711 bits per heavy atom. The van der Waals surface area contributed by atoms with Gasteiger partial charge < -0.3 is 0 Å². The lowest BCUT2D eigenvalue weighted by Crippen LogP contribution is -2.30. The molecule has 0 saturated carbocycles. The van der Waals surface area contributed by atoms with Crippen molar-refractivity contribution in [2.45, 2.75) is 78.4 Å². The van der Waals surface area contributed by atoms with Crippen LogP contribution in [-0.4, -0.2) is 0 Å². The lowest BCUT2D eigenvalue weighted by molar-refractivity contribution is -0.409.